The van der Waals surface area contributed by atoms with Gasteiger partial charge in [-0.05, 0) is 56.2 Å². The summed E-state index contributed by atoms with van der Waals surface area (Å²) >= 11 is 1.16. The molecule has 0 bridgehead atoms. The van der Waals surface area contributed by atoms with E-state index in [2.05, 4.69) is 21.6 Å². The maximum atomic E-state index is 14.8. The molecule has 0 saturated heterocycles. The van der Waals surface area contributed by atoms with Gasteiger partial charge in [-0.25, -0.2) is 4.39 Å². The van der Waals surface area contributed by atoms with Crippen LogP contribution in [0.3, 0.4) is 0 Å². The molecule has 1 N–H and O–H groups in total. The van der Waals surface area contributed by atoms with Gasteiger partial charge in [-0.15, -0.1) is 10.2 Å². The second kappa shape index (κ2) is 10.7. The third-order valence-electron chi connectivity index (χ3n) is 5.78. The zero-order valence-corrected chi connectivity index (χ0v) is 19.8. The Kier molecular flexibility index (Phi) is 7.48. The number of carbonyl (C=O) groups excluding carboxylic acids is 1. The highest BCUT2D eigenvalue weighted by atomic mass is 32.2. The molecule has 3 aromatic rings. The first-order valence-corrected chi connectivity index (χ1v) is 12.3. The van der Waals surface area contributed by atoms with Gasteiger partial charge in [0, 0.05) is 5.56 Å². The molecule has 1 saturated carbocycles. The van der Waals surface area contributed by atoms with Gasteiger partial charge >= 0.3 is 0 Å². The predicted molar refractivity (Wildman–Crippen MR) is 128 cm³/mol. The number of nitrogens with one attached hydrogen (secondary N) is 1. The first-order valence-electron chi connectivity index (χ1n) is 11.3. The van der Waals surface area contributed by atoms with Crippen molar-refractivity contribution >= 4 is 17.7 Å². The minimum absolute atomic E-state index is 0.0410. The van der Waals surface area contributed by atoms with Crippen molar-refractivity contribution in [1.82, 2.24) is 20.1 Å². The van der Waals surface area contributed by atoms with Gasteiger partial charge in [0.15, 0.2) is 11.0 Å². The van der Waals surface area contributed by atoms with Gasteiger partial charge in [-0.2, -0.15) is 5.26 Å². The molecule has 7 nitrogen and oxygen atoms in total. The standard InChI is InChI=1S/C25H26FN5O2S/c1-2-33-19-12-10-18(11-13-19)23-29-30-24(31(23)21-9-5-4-8-20(21)26)34-16-22(32)28-25(17-27)14-6-3-7-15-25/h4-5,8-13H,2-3,6-7,14-16H2,1H3,(H,28,32). The van der Waals surface area contributed by atoms with Crippen molar-refractivity contribution in [3.8, 4) is 28.9 Å². The van der Waals surface area contributed by atoms with Gasteiger partial charge in [-0.3, -0.25) is 9.36 Å². The number of nitriles is 1. The molecule has 1 heterocycles. The fourth-order valence-electron chi connectivity index (χ4n) is 4.12. The lowest BCUT2D eigenvalue weighted by Crippen LogP contribution is -2.49. The number of amides is 1. The number of benzene rings is 2. The lowest BCUT2D eigenvalue weighted by atomic mass is 9.83. The number of nitrogens with zero attached hydrogens (tertiary/aromatic N) is 4. The maximum Gasteiger partial charge on any atom is 0.231 e. The van der Waals surface area contributed by atoms with Crippen LogP contribution in [0.4, 0.5) is 4.39 Å². The molecule has 34 heavy (non-hydrogen) atoms. The fraction of sp³-hybridized carbons (Fsp3) is 0.360. The maximum absolute atomic E-state index is 14.8. The second-order valence-corrected chi connectivity index (χ2v) is 9.08. The molecule has 4 rings (SSSR count). The van der Waals surface area contributed by atoms with Crippen LogP contribution in [0, 0.1) is 17.1 Å². The Labute approximate surface area is 202 Å². The summed E-state index contributed by atoms with van der Waals surface area (Å²) in [6, 6.07) is 16.0. The van der Waals surface area contributed by atoms with E-state index in [1.165, 1.54) is 6.07 Å². The van der Waals surface area contributed by atoms with Crippen molar-refractivity contribution in [2.75, 3.05) is 12.4 Å². The molecule has 2 aromatic carbocycles. The summed E-state index contributed by atoms with van der Waals surface area (Å²) in [5, 5.41) is 21.5. The number of carbonyl (C=O) groups is 1. The van der Waals surface area contributed by atoms with E-state index in [0.717, 1.165) is 42.3 Å². The average molecular weight is 480 g/mol. The largest absolute Gasteiger partial charge is 0.494 e. The highest BCUT2D eigenvalue weighted by Gasteiger charge is 2.33. The Morgan fingerprint density at radius 2 is 1.91 bits per heavy atom. The summed E-state index contributed by atoms with van der Waals surface area (Å²) in [5.41, 5.74) is 0.226. The number of hydrogen-bond donors (Lipinski definition) is 1. The smallest absolute Gasteiger partial charge is 0.231 e. The molecule has 0 spiro atoms. The number of para-hydroxylation sites is 1. The monoisotopic (exact) mass is 479 g/mol. The van der Waals surface area contributed by atoms with E-state index >= 15 is 0 Å². The Morgan fingerprint density at radius 1 is 1.18 bits per heavy atom. The SMILES string of the molecule is CCOc1ccc(-c2nnc(SCC(=O)NC3(C#N)CCCCC3)n2-c2ccccc2F)cc1. The van der Waals surface area contributed by atoms with E-state index in [9.17, 15) is 14.4 Å². The molecule has 1 aromatic heterocycles. The van der Waals surface area contributed by atoms with Crippen LogP contribution in [0.2, 0.25) is 0 Å². The summed E-state index contributed by atoms with van der Waals surface area (Å²) in [6.45, 7) is 2.47. The van der Waals surface area contributed by atoms with E-state index in [-0.39, 0.29) is 11.7 Å². The number of hydrogen-bond acceptors (Lipinski definition) is 6. The van der Waals surface area contributed by atoms with E-state index in [4.69, 9.17) is 4.74 Å². The van der Waals surface area contributed by atoms with Crippen LogP contribution in [-0.4, -0.2) is 38.6 Å². The summed E-state index contributed by atoms with van der Waals surface area (Å²) in [6.07, 6.45) is 4.25. The number of halogens is 1. The van der Waals surface area contributed by atoms with Crippen LogP contribution < -0.4 is 10.1 Å². The first kappa shape index (κ1) is 23.8. The Hall–Kier alpha value is -3.38. The molecular formula is C25H26FN5O2S. The zero-order chi connectivity index (χ0) is 24.0. The molecule has 9 heteroatoms. The fourth-order valence-corrected chi connectivity index (χ4v) is 4.87. The molecule has 176 valence electrons. The van der Waals surface area contributed by atoms with Crippen molar-refractivity contribution < 1.29 is 13.9 Å². The molecule has 1 aliphatic rings. The Bertz CT molecular complexity index is 1180. The van der Waals surface area contributed by atoms with Crippen molar-refractivity contribution in [3.05, 3.63) is 54.3 Å². The van der Waals surface area contributed by atoms with Crippen molar-refractivity contribution in [3.63, 3.8) is 0 Å². The summed E-state index contributed by atoms with van der Waals surface area (Å²) in [5.74, 6) is 0.547. The molecule has 0 atom stereocenters. The summed E-state index contributed by atoms with van der Waals surface area (Å²) < 4.78 is 21.9. The van der Waals surface area contributed by atoms with E-state index in [0.29, 0.717) is 36.1 Å². The third kappa shape index (κ3) is 5.23. The van der Waals surface area contributed by atoms with Crippen molar-refractivity contribution in [2.45, 2.75) is 49.7 Å². The van der Waals surface area contributed by atoms with E-state index < -0.39 is 11.4 Å². The van der Waals surface area contributed by atoms with Gasteiger partial charge in [0.25, 0.3) is 0 Å². The normalized spacial score (nSPS) is 14.9. The number of rotatable bonds is 8. The minimum Gasteiger partial charge on any atom is -0.494 e. The summed E-state index contributed by atoms with van der Waals surface area (Å²) in [7, 11) is 0. The lowest BCUT2D eigenvalue weighted by molar-refractivity contribution is -0.120. The van der Waals surface area contributed by atoms with Gasteiger partial charge in [0.2, 0.25) is 5.91 Å². The van der Waals surface area contributed by atoms with Crippen LogP contribution in [0.15, 0.2) is 53.7 Å². The summed E-state index contributed by atoms with van der Waals surface area (Å²) in [4.78, 5) is 12.7. The first-order chi connectivity index (χ1) is 16.5. The van der Waals surface area contributed by atoms with Gasteiger partial charge in [-0.1, -0.05) is 43.2 Å². The topological polar surface area (TPSA) is 92.8 Å². The molecule has 1 fully saturated rings. The third-order valence-corrected chi connectivity index (χ3v) is 6.71. The molecule has 0 radical (unpaired) electrons. The van der Waals surface area contributed by atoms with Crippen molar-refractivity contribution in [2.24, 2.45) is 0 Å². The Balaban J connectivity index is 1.59. The number of ether oxygens (including phenoxy) is 1. The van der Waals surface area contributed by atoms with Crippen LogP contribution >= 0.6 is 11.8 Å². The van der Waals surface area contributed by atoms with E-state index in [1.54, 1.807) is 22.8 Å². The van der Waals surface area contributed by atoms with Crippen LogP contribution in [0.1, 0.15) is 39.0 Å². The molecular weight excluding hydrogens is 453 g/mol. The highest BCUT2D eigenvalue weighted by Crippen LogP contribution is 2.31. The van der Waals surface area contributed by atoms with Gasteiger partial charge < -0.3 is 10.1 Å². The number of aromatic nitrogens is 3. The quantitative estimate of drug-likeness (QED) is 0.462. The molecule has 0 unspecified atom stereocenters. The average Bonchev–Trinajstić information content (AvgIpc) is 3.28. The second-order valence-electron chi connectivity index (χ2n) is 8.14. The molecule has 1 aliphatic carbocycles. The molecule has 0 aliphatic heterocycles. The molecule has 1 amide bonds. The highest BCUT2D eigenvalue weighted by molar-refractivity contribution is 7.99. The lowest BCUT2D eigenvalue weighted by Gasteiger charge is -2.31. The Morgan fingerprint density at radius 3 is 2.59 bits per heavy atom. The van der Waals surface area contributed by atoms with E-state index in [1.807, 2.05) is 31.2 Å². The van der Waals surface area contributed by atoms with Gasteiger partial charge in [0.05, 0.1) is 24.1 Å². The van der Waals surface area contributed by atoms with Crippen LogP contribution in [0.5, 0.6) is 5.75 Å². The van der Waals surface area contributed by atoms with Crippen LogP contribution in [-0.2, 0) is 4.79 Å². The zero-order valence-electron chi connectivity index (χ0n) is 19.0. The van der Waals surface area contributed by atoms with Gasteiger partial charge in [0.1, 0.15) is 17.1 Å². The number of thioether (sulfide) groups is 1. The van der Waals surface area contributed by atoms with Crippen LogP contribution in [0.25, 0.3) is 17.1 Å². The predicted octanol–water partition coefficient (Wildman–Crippen LogP) is 4.91. The minimum atomic E-state index is -0.803. The van der Waals surface area contributed by atoms with Crippen molar-refractivity contribution in [1.29, 1.82) is 5.26 Å².